The third-order valence-corrected chi connectivity index (χ3v) is 11.2. The predicted octanol–water partition coefficient (Wildman–Crippen LogP) is 8.75. The van der Waals surface area contributed by atoms with Gasteiger partial charge in [-0.25, -0.2) is 0 Å². The number of nitrogens with zero attached hydrogens (tertiary/aromatic N) is 1. The fourth-order valence-electron chi connectivity index (χ4n) is 8.17. The van der Waals surface area contributed by atoms with Crippen LogP contribution in [0.25, 0.3) is 21.7 Å². The van der Waals surface area contributed by atoms with Gasteiger partial charge >= 0.3 is 0 Å². The number of aromatic amines is 1. The molecule has 6 rings (SSSR count). The maximum Gasteiger partial charge on any atom is 0.224 e. The van der Waals surface area contributed by atoms with Crippen molar-refractivity contribution < 1.29 is 14.4 Å². The molecule has 0 aliphatic heterocycles. The molecule has 4 atom stereocenters. The first-order valence-corrected chi connectivity index (χ1v) is 20.9. The lowest BCUT2D eigenvalue weighted by atomic mass is 9.90. The van der Waals surface area contributed by atoms with Crippen molar-refractivity contribution in [3.05, 3.63) is 156 Å². The van der Waals surface area contributed by atoms with Gasteiger partial charge in [-0.15, -0.1) is 0 Å². The van der Waals surface area contributed by atoms with Crippen LogP contribution in [0.2, 0.25) is 0 Å². The van der Waals surface area contributed by atoms with Crippen LogP contribution in [-0.4, -0.2) is 53.3 Å². The molecule has 3 amide bonds. The van der Waals surface area contributed by atoms with Gasteiger partial charge in [0.15, 0.2) is 0 Å². The number of hydrogen-bond donors (Lipinski definition) is 4. The van der Waals surface area contributed by atoms with Gasteiger partial charge in [0.1, 0.15) is 0 Å². The average molecular weight is 778 g/mol. The first kappa shape index (κ1) is 41.9. The van der Waals surface area contributed by atoms with Gasteiger partial charge in [0.2, 0.25) is 17.7 Å². The Morgan fingerprint density at radius 1 is 0.672 bits per heavy atom. The first-order chi connectivity index (χ1) is 28.2. The summed E-state index contributed by atoms with van der Waals surface area (Å²) < 4.78 is 0. The summed E-state index contributed by atoms with van der Waals surface area (Å²) in [4.78, 5) is 46.4. The van der Waals surface area contributed by atoms with Gasteiger partial charge in [-0.05, 0) is 84.7 Å². The average Bonchev–Trinajstić information content (AvgIpc) is 3.64. The number of amides is 3. The molecule has 0 aliphatic carbocycles. The van der Waals surface area contributed by atoms with Crippen molar-refractivity contribution >= 4 is 39.4 Å². The molecule has 0 spiro atoms. The van der Waals surface area contributed by atoms with E-state index in [4.69, 9.17) is 0 Å². The number of rotatable bonds is 21. The molecule has 8 heteroatoms. The normalized spacial score (nSPS) is 13.5. The van der Waals surface area contributed by atoms with E-state index in [0.717, 1.165) is 71.7 Å². The van der Waals surface area contributed by atoms with Crippen LogP contribution in [0.1, 0.15) is 68.2 Å². The van der Waals surface area contributed by atoms with Crippen molar-refractivity contribution in [2.75, 3.05) is 13.6 Å². The largest absolute Gasteiger partial charge is 0.361 e. The molecule has 4 N–H and O–H groups in total. The minimum absolute atomic E-state index is 0.0331. The van der Waals surface area contributed by atoms with Crippen LogP contribution in [0.3, 0.4) is 0 Å². The second-order valence-electron chi connectivity index (χ2n) is 16.0. The van der Waals surface area contributed by atoms with Crippen molar-refractivity contribution in [2.24, 2.45) is 11.8 Å². The van der Waals surface area contributed by atoms with Gasteiger partial charge in [-0.3, -0.25) is 19.3 Å². The fourth-order valence-corrected chi connectivity index (χ4v) is 8.17. The zero-order valence-electron chi connectivity index (χ0n) is 34.3. The molecule has 1 heterocycles. The Bertz CT molecular complexity index is 2180. The molecule has 1 aromatic heterocycles. The van der Waals surface area contributed by atoms with Crippen LogP contribution >= 0.6 is 0 Å². The van der Waals surface area contributed by atoms with Crippen molar-refractivity contribution in [2.45, 2.75) is 84.0 Å². The van der Waals surface area contributed by atoms with Crippen LogP contribution in [0.15, 0.2) is 134 Å². The highest BCUT2D eigenvalue weighted by Crippen LogP contribution is 2.25. The summed E-state index contributed by atoms with van der Waals surface area (Å²) in [5.74, 6) is -0.817. The number of aromatic nitrogens is 1. The third-order valence-electron chi connectivity index (χ3n) is 11.2. The van der Waals surface area contributed by atoms with Crippen molar-refractivity contribution in [1.82, 2.24) is 25.8 Å². The van der Waals surface area contributed by atoms with E-state index < -0.39 is 5.92 Å². The number of para-hydroxylation sites is 1. The second-order valence-corrected chi connectivity index (χ2v) is 16.0. The molecular weight excluding hydrogens is 719 g/mol. The topological polar surface area (TPSA) is 106 Å². The molecule has 0 unspecified atom stereocenters. The number of benzene rings is 5. The van der Waals surface area contributed by atoms with Gasteiger partial charge in [0.25, 0.3) is 0 Å². The monoisotopic (exact) mass is 777 g/mol. The number of carbonyl (C=O) groups is 3. The van der Waals surface area contributed by atoms with Gasteiger partial charge in [-0.2, -0.15) is 0 Å². The van der Waals surface area contributed by atoms with E-state index in [-0.39, 0.29) is 42.1 Å². The molecule has 0 saturated carbocycles. The quantitative estimate of drug-likeness (QED) is 0.0549. The molecule has 0 saturated heterocycles. The highest BCUT2D eigenvalue weighted by Gasteiger charge is 2.27. The Morgan fingerprint density at radius 3 is 2.03 bits per heavy atom. The van der Waals surface area contributed by atoms with Crippen LogP contribution in [-0.2, 0) is 40.3 Å². The van der Waals surface area contributed by atoms with E-state index >= 15 is 0 Å². The number of nitrogens with one attached hydrogen (secondary N) is 4. The first-order valence-electron chi connectivity index (χ1n) is 20.9. The lowest BCUT2D eigenvalue weighted by Crippen LogP contribution is -2.44. The van der Waals surface area contributed by atoms with Crippen LogP contribution < -0.4 is 16.0 Å². The lowest BCUT2D eigenvalue weighted by molar-refractivity contribution is -0.128. The molecule has 302 valence electrons. The molecule has 6 aromatic rings. The standard InChI is InChI=1S/C50H59N5O3/c1-36(49(57)51-3)28-45(22-14-15-27-55(34-38-16-6-4-7-17-38)35-39-18-8-5-9-19-39)54-50(58)43(32-44-33-52-47-24-13-12-23-46(44)47)29-37(2)53-48(56)31-40-25-26-41-20-10-11-21-42(41)30-40/h4-13,16-21,23-26,30,33,36-37,43,45,52H,14-15,22,27-29,31-32,34-35H2,1-3H3,(H,51,57)(H,53,56)(H,54,58)/t36-,37-,43-,45+/m1/s1. The molecule has 58 heavy (non-hydrogen) atoms. The van der Waals surface area contributed by atoms with Gasteiger partial charge in [0.05, 0.1) is 6.42 Å². The second kappa shape index (κ2) is 21.1. The summed E-state index contributed by atoms with van der Waals surface area (Å²) in [7, 11) is 1.66. The van der Waals surface area contributed by atoms with Gasteiger partial charge < -0.3 is 20.9 Å². The maximum absolute atomic E-state index is 14.5. The molecular formula is C50H59N5O3. The van der Waals surface area contributed by atoms with Crippen molar-refractivity contribution in [3.8, 4) is 0 Å². The highest BCUT2D eigenvalue weighted by molar-refractivity contribution is 5.86. The van der Waals surface area contributed by atoms with E-state index in [9.17, 15) is 14.4 Å². The number of hydrogen-bond acceptors (Lipinski definition) is 4. The summed E-state index contributed by atoms with van der Waals surface area (Å²) in [5, 5.41) is 12.7. The Hall–Kier alpha value is -5.73. The lowest BCUT2D eigenvalue weighted by Gasteiger charge is -2.27. The molecule has 0 radical (unpaired) electrons. The Labute approximate surface area is 343 Å². The van der Waals surface area contributed by atoms with Gasteiger partial charge in [0, 0.05) is 61.2 Å². The van der Waals surface area contributed by atoms with E-state index in [2.05, 4.69) is 105 Å². The molecule has 0 fully saturated rings. The smallest absolute Gasteiger partial charge is 0.224 e. The van der Waals surface area contributed by atoms with Crippen LogP contribution in [0, 0.1) is 11.8 Å². The number of carbonyl (C=O) groups excluding carboxylic acids is 3. The number of unbranched alkanes of at least 4 members (excludes halogenated alkanes) is 1. The maximum atomic E-state index is 14.5. The predicted molar refractivity (Wildman–Crippen MR) is 236 cm³/mol. The van der Waals surface area contributed by atoms with Gasteiger partial charge in [-0.1, -0.05) is 135 Å². The van der Waals surface area contributed by atoms with Crippen LogP contribution in [0.5, 0.6) is 0 Å². The van der Waals surface area contributed by atoms with Crippen molar-refractivity contribution in [1.29, 1.82) is 0 Å². The van der Waals surface area contributed by atoms with Crippen molar-refractivity contribution in [3.63, 3.8) is 0 Å². The zero-order valence-corrected chi connectivity index (χ0v) is 34.3. The summed E-state index contributed by atoms with van der Waals surface area (Å²) in [6.07, 6.45) is 6.42. The minimum Gasteiger partial charge on any atom is -0.361 e. The minimum atomic E-state index is -0.403. The Morgan fingerprint density at radius 2 is 1.33 bits per heavy atom. The number of fused-ring (bicyclic) bond motifs is 2. The SMILES string of the molecule is CNC(=O)[C@H](C)C[C@H](CCCCN(Cc1ccccc1)Cc1ccccc1)NC(=O)[C@@H](Cc1c[nH]c2ccccc12)C[C@@H](C)NC(=O)Cc1ccc2ccccc2c1. The summed E-state index contributed by atoms with van der Waals surface area (Å²) in [5.41, 5.74) is 5.61. The Balaban J connectivity index is 1.13. The van der Waals surface area contributed by atoms with E-state index in [1.807, 2.05) is 68.6 Å². The summed E-state index contributed by atoms with van der Waals surface area (Å²) in [6.45, 7) is 6.53. The molecule has 0 aliphatic rings. The van der Waals surface area contributed by atoms with E-state index in [0.29, 0.717) is 19.3 Å². The molecule has 8 nitrogen and oxygen atoms in total. The highest BCUT2D eigenvalue weighted by atomic mass is 16.2. The molecule has 0 bridgehead atoms. The summed E-state index contributed by atoms with van der Waals surface area (Å²) >= 11 is 0. The third kappa shape index (κ3) is 12.4. The van der Waals surface area contributed by atoms with Crippen LogP contribution in [0.4, 0.5) is 0 Å². The number of H-pyrrole nitrogens is 1. The van der Waals surface area contributed by atoms with E-state index in [1.165, 1.54) is 11.1 Å². The summed E-state index contributed by atoms with van der Waals surface area (Å²) in [6, 6.07) is 43.1. The van der Waals surface area contributed by atoms with E-state index in [1.54, 1.807) is 7.05 Å². The Kier molecular flexibility index (Phi) is 15.3. The zero-order chi connectivity index (χ0) is 40.7. The fraction of sp³-hybridized carbons (Fsp3) is 0.340. The molecule has 5 aromatic carbocycles.